The summed E-state index contributed by atoms with van der Waals surface area (Å²) in [5.74, 6) is 0.0279. The van der Waals surface area contributed by atoms with E-state index in [2.05, 4.69) is 0 Å². The molecule has 9 heteroatoms. The van der Waals surface area contributed by atoms with Gasteiger partial charge in [-0.25, -0.2) is 0 Å². The Morgan fingerprint density at radius 1 is 1.12 bits per heavy atom. The normalized spacial score (nSPS) is 16.7. The van der Waals surface area contributed by atoms with E-state index in [4.69, 9.17) is 21.1 Å². The highest BCUT2D eigenvalue weighted by Crippen LogP contribution is 2.46. The number of piperidine rings is 1. The first kappa shape index (κ1) is 21.7. The third kappa shape index (κ3) is 3.62. The molecule has 0 unspecified atom stereocenters. The average Bonchev–Trinajstić information content (AvgIpc) is 3.29. The molecular formula is C24H20ClF3N2O3. The van der Waals surface area contributed by atoms with E-state index in [0.29, 0.717) is 23.6 Å². The van der Waals surface area contributed by atoms with Crippen LogP contribution in [-0.4, -0.2) is 35.6 Å². The molecule has 1 saturated heterocycles. The maximum absolute atomic E-state index is 13.6. The number of ether oxygens (including phenoxy) is 2. The van der Waals surface area contributed by atoms with Gasteiger partial charge in [0.1, 0.15) is 11.5 Å². The molecule has 0 bridgehead atoms. The molecule has 0 atom stereocenters. The van der Waals surface area contributed by atoms with Gasteiger partial charge in [-0.1, -0.05) is 11.6 Å². The van der Waals surface area contributed by atoms with Crippen LogP contribution in [0.2, 0.25) is 5.02 Å². The highest BCUT2D eigenvalue weighted by molar-refractivity contribution is 6.30. The lowest BCUT2D eigenvalue weighted by molar-refractivity contribution is -0.138. The fourth-order valence-electron chi connectivity index (χ4n) is 4.66. The monoisotopic (exact) mass is 476 g/mol. The summed E-state index contributed by atoms with van der Waals surface area (Å²) in [6, 6.07) is 12.7. The lowest BCUT2D eigenvalue weighted by Gasteiger charge is -2.45. The van der Waals surface area contributed by atoms with Gasteiger partial charge in [0.25, 0.3) is 5.91 Å². The lowest BCUT2D eigenvalue weighted by Crippen LogP contribution is -2.50. The predicted octanol–water partition coefficient (Wildman–Crippen LogP) is 5.68. The SMILES string of the molecule is COc1ccc(C(=O)N2CCC3(CC2)Oc2cc(Cl)ccc2-n2cccc23)c(C(F)(F)F)c1. The molecule has 33 heavy (non-hydrogen) atoms. The van der Waals surface area contributed by atoms with Crippen LogP contribution < -0.4 is 9.47 Å². The number of nitrogens with zero attached hydrogens (tertiary/aromatic N) is 2. The quantitative estimate of drug-likeness (QED) is 0.478. The molecule has 1 amide bonds. The summed E-state index contributed by atoms with van der Waals surface area (Å²) >= 11 is 6.17. The number of benzene rings is 2. The first-order valence-electron chi connectivity index (χ1n) is 10.4. The molecular weight excluding hydrogens is 457 g/mol. The number of likely N-dealkylation sites (tertiary alicyclic amines) is 1. The van der Waals surface area contributed by atoms with E-state index in [1.165, 1.54) is 24.1 Å². The lowest BCUT2D eigenvalue weighted by atomic mass is 9.86. The summed E-state index contributed by atoms with van der Waals surface area (Å²) < 4.78 is 54.2. The van der Waals surface area contributed by atoms with Crippen LogP contribution in [0.5, 0.6) is 11.5 Å². The van der Waals surface area contributed by atoms with E-state index in [1.54, 1.807) is 12.1 Å². The summed E-state index contributed by atoms with van der Waals surface area (Å²) in [7, 11) is 1.28. The Kier molecular flexibility index (Phi) is 5.08. The Morgan fingerprint density at radius 2 is 1.88 bits per heavy atom. The molecule has 1 aromatic heterocycles. The van der Waals surface area contributed by atoms with Crippen molar-refractivity contribution in [2.45, 2.75) is 24.6 Å². The van der Waals surface area contributed by atoms with Gasteiger partial charge in [0, 0.05) is 43.2 Å². The van der Waals surface area contributed by atoms with Gasteiger partial charge < -0.3 is 18.9 Å². The van der Waals surface area contributed by atoms with Gasteiger partial charge in [-0.05, 0) is 42.5 Å². The minimum atomic E-state index is -4.67. The third-order valence-corrected chi connectivity index (χ3v) is 6.56. The summed E-state index contributed by atoms with van der Waals surface area (Å²) in [5.41, 5.74) is -0.255. The number of hydrogen-bond donors (Lipinski definition) is 0. The smallest absolute Gasteiger partial charge is 0.417 e. The number of methoxy groups -OCH3 is 1. The van der Waals surface area contributed by atoms with Crippen molar-refractivity contribution < 1.29 is 27.4 Å². The summed E-state index contributed by atoms with van der Waals surface area (Å²) in [5, 5.41) is 0.548. The topological polar surface area (TPSA) is 43.7 Å². The molecule has 2 aromatic carbocycles. The molecule has 0 N–H and O–H groups in total. The largest absolute Gasteiger partial charge is 0.497 e. The van der Waals surface area contributed by atoms with E-state index in [-0.39, 0.29) is 24.4 Å². The summed E-state index contributed by atoms with van der Waals surface area (Å²) in [4.78, 5) is 14.5. The molecule has 2 aliphatic rings. The van der Waals surface area contributed by atoms with Gasteiger partial charge in [0.15, 0.2) is 5.60 Å². The number of carbonyl (C=O) groups is 1. The van der Waals surface area contributed by atoms with Crippen molar-refractivity contribution in [3.05, 3.63) is 76.6 Å². The number of rotatable bonds is 2. The van der Waals surface area contributed by atoms with Crippen LogP contribution in [0.3, 0.4) is 0 Å². The van der Waals surface area contributed by atoms with Crippen LogP contribution in [0.25, 0.3) is 5.69 Å². The minimum absolute atomic E-state index is 0.0464. The van der Waals surface area contributed by atoms with Crippen molar-refractivity contribution in [3.8, 4) is 17.2 Å². The van der Waals surface area contributed by atoms with Crippen LogP contribution >= 0.6 is 11.6 Å². The van der Waals surface area contributed by atoms with Crippen LogP contribution in [0.1, 0.15) is 34.5 Å². The fourth-order valence-corrected chi connectivity index (χ4v) is 4.83. The molecule has 1 fully saturated rings. The fraction of sp³-hybridized carbons (Fsp3) is 0.292. The summed E-state index contributed by atoms with van der Waals surface area (Å²) in [6.45, 7) is 0.506. The molecule has 172 valence electrons. The van der Waals surface area contributed by atoms with Crippen LogP contribution in [0.4, 0.5) is 13.2 Å². The molecule has 3 heterocycles. The summed E-state index contributed by atoms with van der Waals surface area (Å²) in [6.07, 6.45) is -1.86. The highest BCUT2D eigenvalue weighted by atomic mass is 35.5. The second-order valence-electron chi connectivity index (χ2n) is 8.17. The van der Waals surface area contributed by atoms with Crippen molar-refractivity contribution >= 4 is 17.5 Å². The number of amides is 1. The Morgan fingerprint density at radius 3 is 2.58 bits per heavy atom. The van der Waals surface area contributed by atoms with E-state index in [1.807, 2.05) is 29.0 Å². The van der Waals surface area contributed by atoms with Gasteiger partial charge in [-0.3, -0.25) is 4.79 Å². The Bertz CT molecular complexity index is 1230. The van der Waals surface area contributed by atoms with Crippen LogP contribution in [-0.2, 0) is 11.8 Å². The molecule has 5 nitrogen and oxygen atoms in total. The Hall–Kier alpha value is -3.13. The third-order valence-electron chi connectivity index (χ3n) is 6.32. The van der Waals surface area contributed by atoms with E-state index in [9.17, 15) is 18.0 Å². The maximum atomic E-state index is 13.6. The van der Waals surface area contributed by atoms with E-state index < -0.39 is 23.2 Å². The Balaban J connectivity index is 1.42. The number of carbonyl (C=O) groups excluding carboxylic acids is 1. The first-order chi connectivity index (χ1) is 15.7. The zero-order valence-electron chi connectivity index (χ0n) is 17.7. The standard InChI is InChI=1S/C24H20ClF3N2O3/c1-32-16-5-6-17(18(14-16)24(26,27)28)22(31)29-11-8-23(9-12-29)21-3-2-10-30(21)19-7-4-15(25)13-20(19)33-23/h2-7,10,13-14H,8-9,11-12H2,1H3. The van der Waals surface area contributed by atoms with Crippen molar-refractivity contribution in [3.63, 3.8) is 0 Å². The number of hydrogen-bond acceptors (Lipinski definition) is 3. The Labute approximate surface area is 193 Å². The van der Waals surface area contributed by atoms with Crippen LogP contribution in [0.15, 0.2) is 54.7 Å². The van der Waals surface area contributed by atoms with Crippen molar-refractivity contribution in [1.82, 2.24) is 9.47 Å². The van der Waals surface area contributed by atoms with Crippen molar-refractivity contribution in [2.75, 3.05) is 20.2 Å². The number of halogens is 4. The van der Waals surface area contributed by atoms with Gasteiger partial charge >= 0.3 is 6.18 Å². The van der Waals surface area contributed by atoms with Crippen molar-refractivity contribution in [2.24, 2.45) is 0 Å². The van der Waals surface area contributed by atoms with Crippen LogP contribution in [0, 0.1) is 0 Å². The second-order valence-corrected chi connectivity index (χ2v) is 8.61. The van der Waals surface area contributed by atoms with Gasteiger partial charge in [0.05, 0.1) is 29.6 Å². The number of aromatic nitrogens is 1. The van der Waals surface area contributed by atoms with Gasteiger partial charge in [-0.15, -0.1) is 0 Å². The molecule has 1 spiro atoms. The molecule has 5 rings (SSSR count). The average molecular weight is 477 g/mol. The minimum Gasteiger partial charge on any atom is -0.497 e. The molecule has 0 radical (unpaired) electrons. The van der Waals surface area contributed by atoms with E-state index >= 15 is 0 Å². The maximum Gasteiger partial charge on any atom is 0.417 e. The van der Waals surface area contributed by atoms with Gasteiger partial charge in [-0.2, -0.15) is 13.2 Å². The second kappa shape index (κ2) is 7.73. The molecule has 2 aliphatic heterocycles. The predicted molar refractivity (Wildman–Crippen MR) is 116 cm³/mol. The number of fused-ring (bicyclic) bond motifs is 4. The molecule has 0 aliphatic carbocycles. The van der Waals surface area contributed by atoms with Gasteiger partial charge in [0.2, 0.25) is 0 Å². The zero-order valence-corrected chi connectivity index (χ0v) is 18.4. The molecule has 3 aromatic rings. The first-order valence-corrected chi connectivity index (χ1v) is 10.8. The molecule has 0 saturated carbocycles. The zero-order chi connectivity index (χ0) is 23.4. The number of alkyl halides is 3. The highest BCUT2D eigenvalue weighted by Gasteiger charge is 2.45. The van der Waals surface area contributed by atoms with Crippen molar-refractivity contribution in [1.29, 1.82) is 0 Å². The van der Waals surface area contributed by atoms with E-state index in [0.717, 1.165) is 17.4 Å².